The highest BCUT2D eigenvalue weighted by Gasteiger charge is 2.07. The summed E-state index contributed by atoms with van der Waals surface area (Å²) in [5.74, 6) is 0.861. The Hall–Kier alpha value is -2.12. The predicted molar refractivity (Wildman–Crippen MR) is 67.7 cm³/mol. The molecule has 0 fully saturated rings. The lowest BCUT2D eigenvalue weighted by Crippen LogP contribution is -2.13. The van der Waals surface area contributed by atoms with E-state index in [0.29, 0.717) is 5.56 Å². The average Bonchev–Trinajstić information content (AvgIpc) is 2.71. The van der Waals surface area contributed by atoms with Gasteiger partial charge in [0.2, 0.25) is 0 Å². The van der Waals surface area contributed by atoms with Crippen molar-refractivity contribution in [2.45, 2.75) is 26.9 Å². The monoisotopic (exact) mass is 241 g/mol. The minimum absolute atomic E-state index is 0.685. The zero-order chi connectivity index (χ0) is 13.0. The summed E-state index contributed by atoms with van der Waals surface area (Å²) in [6.45, 7) is 5.35. The number of benzene rings is 1. The number of rotatable bonds is 4. The number of nitrogens with one attached hydrogen (secondary N) is 1. The summed E-state index contributed by atoms with van der Waals surface area (Å²) >= 11 is 0. The van der Waals surface area contributed by atoms with Gasteiger partial charge in [-0.2, -0.15) is 5.26 Å². The summed E-state index contributed by atoms with van der Waals surface area (Å²) in [5.41, 5.74) is 3.88. The standard InChI is InChI=1S/C14H15N3O/c1-10-14(11(2)18-17-10)9-16-8-13-5-3-12(7-15)4-6-13/h3-6,16H,8-9H2,1-2H3. The van der Waals surface area contributed by atoms with Gasteiger partial charge in [0.05, 0.1) is 17.3 Å². The van der Waals surface area contributed by atoms with Crippen molar-refractivity contribution in [2.75, 3.05) is 0 Å². The van der Waals surface area contributed by atoms with Crippen LogP contribution in [0.2, 0.25) is 0 Å². The number of hydrogen-bond acceptors (Lipinski definition) is 4. The largest absolute Gasteiger partial charge is 0.361 e. The molecule has 0 aliphatic carbocycles. The maximum Gasteiger partial charge on any atom is 0.138 e. The molecule has 4 nitrogen and oxygen atoms in total. The number of aryl methyl sites for hydroxylation is 2. The summed E-state index contributed by atoms with van der Waals surface area (Å²) < 4.78 is 5.10. The van der Waals surface area contributed by atoms with Crippen molar-refractivity contribution in [3.63, 3.8) is 0 Å². The quantitative estimate of drug-likeness (QED) is 0.893. The van der Waals surface area contributed by atoms with E-state index in [9.17, 15) is 0 Å². The first-order chi connectivity index (χ1) is 8.70. The molecule has 92 valence electrons. The second-order valence-electron chi connectivity index (χ2n) is 4.22. The van der Waals surface area contributed by atoms with Gasteiger partial charge in [-0.1, -0.05) is 17.3 Å². The molecule has 4 heteroatoms. The second-order valence-corrected chi connectivity index (χ2v) is 4.22. The Morgan fingerprint density at radius 3 is 2.50 bits per heavy atom. The second kappa shape index (κ2) is 5.48. The lowest BCUT2D eigenvalue weighted by Gasteiger charge is -2.04. The van der Waals surface area contributed by atoms with Gasteiger partial charge < -0.3 is 9.84 Å². The Morgan fingerprint density at radius 2 is 1.94 bits per heavy atom. The molecule has 18 heavy (non-hydrogen) atoms. The third kappa shape index (κ3) is 2.76. The fourth-order valence-corrected chi connectivity index (χ4v) is 1.78. The van der Waals surface area contributed by atoms with Gasteiger partial charge in [-0.3, -0.25) is 0 Å². The van der Waals surface area contributed by atoms with Crippen molar-refractivity contribution in [3.8, 4) is 6.07 Å². The number of hydrogen-bond donors (Lipinski definition) is 1. The fraction of sp³-hybridized carbons (Fsp3) is 0.286. The number of nitrogens with zero attached hydrogens (tertiary/aromatic N) is 2. The Kier molecular flexibility index (Phi) is 3.75. The minimum atomic E-state index is 0.685. The molecule has 1 heterocycles. The molecular weight excluding hydrogens is 226 g/mol. The minimum Gasteiger partial charge on any atom is -0.361 e. The first-order valence-corrected chi connectivity index (χ1v) is 5.82. The molecule has 0 saturated heterocycles. The highest BCUT2D eigenvalue weighted by molar-refractivity contribution is 5.31. The molecule has 1 aromatic carbocycles. The SMILES string of the molecule is Cc1noc(C)c1CNCc1ccc(C#N)cc1. The molecule has 0 amide bonds. The van der Waals surface area contributed by atoms with Crippen molar-refractivity contribution < 1.29 is 4.52 Å². The Balaban J connectivity index is 1.91. The van der Waals surface area contributed by atoms with E-state index in [1.807, 2.05) is 38.1 Å². The maximum atomic E-state index is 8.71. The van der Waals surface area contributed by atoms with Gasteiger partial charge in [0.1, 0.15) is 5.76 Å². The smallest absolute Gasteiger partial charge is 0.138 e. The van der Waals surface area contributed by atoms with E-state index < -0.39 is 0 Å². The van der Waals surface area contributed by atoms with E-state index in [4.69, 9.17) is 9.78 Å². The highest BCUT2D eigenvalue weighted by Crippen LogP contribution is 2.12. The molecule has 0 saturated carbocycles. The number of aromatic nitrogens is 1. The lowest BCUT2D eigenvalue weighted by atomic mass is 10.1. The van der Waals surface area contributed by atoms with Crippen molar-refractivity contribution >= 4 is 0 Å². The van der Waals surface area contributed by atoms with Crippen molar-refractivity contribution in [1.29, 1.82) is 5.26 Å². The summed E-state index contributed by atoms with van der Waals surface area (Å²) in [6, 6.07) is 9.67. The van der Waals surface area contributed by atoms with Crippen LogP contribution >= 0.6 is 0 Å². The van der Waals surface area contributed by atoms with Crippen LogP contribution in [-0.2, 0) is 13.1 Å². The normalized spacial score (nSPS) is 10.3. The van der Waals surface area contributed by atoms with E-state index in [1.54, 1.807) is 0 Å². The van der Waals surface area contributed by atoms with Crippen LogP contribution in [0, 0.1) is 25.2 Å². The zero-order valence-corrected chi connectivity index (χ0v) is 10.5. The molecule has 1 N–H and O–H groups in total. The molecule has 1 aromatic heterocycles. The molecule has 0 bridgehead atoms. The molecule has 2 aromatic rings. The van der Waals surface area contributed by atoms with Gasteiger partial charge in [-0.15, -0.1) is 0 Å². The Bertz CT molecular complexity index is 544. The Labute approximate surface area is 106 Å². The van der Waals surface area contributed by atoms with Crippen LogP contribution in [-0.4, -0.2) is 5.16 Å². The molecule has 0 unspecified atom stereocenters. The van der Waals surface area contributed by atoms with E-state index in [0.717, 1.165) is 35.7 Å². The van der Waals surface area contributed by atoms with Crippen LogP contribution in [0.3, 0.4) is 0 Å². The summed E-state index contributed by atoms with van der Waals surface area (Å²) in [5, 5.41) is 16.0. The molecule has 2 rings (SSSR count). The molecule has 0 aliphatic rings. The molecule has 0 spiro atoms. The third-order valence-corrected chi connectivity index (χ3v) is 2.90. The third-order valence-electron chi connectivity index (χ3n) is 2.90. The molecule has 0 aliphatic heterocycles. The maximum absolute atomic E-state index is 8.71. The van der Waals surface area contributed by atoms with E-state index in [-0.39, 0.29) is 0 Å². The van der Waals surface area contributed by atoms with Crippen LogP contribution < -0.4 is 5.32 Å². The van der Waals surface area contributed by atoms with Crippen molar-refractivity contribution in [2.24, 2.45) is 0 Å². The molecule has 0 atom stereocenters. The van der Waals surface area contributed by atoms with Crippen LogP contribution in [0.4, 0.5) is 0 Å². The van der Waals surface area contributed by atoms with Gasteiger partial charge in [-0.25, -0.2) is 0 Å². The highest BCUT2D eigenvalue weighted by atomic mass is 16.5. The van der Waals surface area contributed by atoms with Gasteiger partial charge in [0.15, 0.2) is 0 Å². The van der Waals surface area contributed by atoms with Crippen LogP contribution in [0.5, 0.6) is 0 Å². The van der Waals surface area contributed by atoms with Crippen LogP contribution in [0.15, 0.2) is 28.8 Å². The average molecular weight is 241 g/mol. The molecule has 0 radical (unpaired) electrons. The zero-order valence-electron chi connectivity index (χ0n) is 10.5. The number of nitriles is 1. The van der Waals surface area contributed by atoms with Gasteiger partial charge in [0.25, 0.3) is 0 Å². The van der Waals surface area contributed by atoms with Crippen molar-refractivity contribution in [1.82, 2.24) is 10.5 Å². The van der Waals surface area contributed by atoms with Gasteiger partial charge in [0, 0.05) is 18.7 Å². The summed E-state index contributed by atoms with van der Waals surface area (Å²) in [4.78, 5) is 0. The lowest BCUT2D eigenvalue weighted by molar-refractivity contribution is 0.392. The predicted octanol–water partition coefficient (Wildman–Crippen LogP) is 2.45. The van der Waals surface area contributed by atoms with Crippen molar-refractivity contribution in [3.05, 3.63) is 52.4 Å². The van der Waals surface area contributed by atoms with Crippen LogP contribution in [0.1, 0.15) is 28.1 Å². The van der Waals surface area contributed by atoms with E-state index in [2.05, 4.69) is 16.5 Å². The fourth-order valence-electron chi connectivity index (χ4n) is 1.78. The first kappa shape index (κ1) is 12.3. The molecular formula is C14H15N3O. The summed E-state index contributed by atoms with van der Waals surface area (Å²) in [6.07, 6.45) is 0. The van der Waals surface area contributed by atoms with Gasteiger partial charge in [-0.05, 0) is 31.5 Å². The summed E-state index contributed by atoms with van der Waals surface area (Å²) in [7, 11) is 0. The van der Waals surface area contributed by atoms with Gasteiger partial charge >= 0.3 is 0 Å². The van der Waals surface area contributed by atoms with Crippen LogP contribution in [0.25, 0.3) is 0 Å². The first-order valence-electron chi connectivity index (χ1n) is 5.82. The Morgan fingerprint density at radius 1 is 1.22 bits per heavy atom. The van der Waals surface area contributed by atoms with E-state index >= 15 is 0 Å². The topological polar surface area (TPSA) is 61.9 Å². The van der Waals surface area contributed by atoms with E-state index in [1.165, 1.54) is 0 Å².